The normalized spacial score (nSPS) is 12.9. The zero-order valence-electron chi connectivity index (χ0n) is 15.2. The Hall–Kier alpha value is -1.83. The van der Waals surface area contributed by atoms with Crippen LogP contribution in [-0.2, 0) is 6.54 Å². The van der Waals surface area contributed by atoms with Crippen molar-refractivity contribution >= 4 is 34.4 Å². The van der Waals surface area contributed by atoms with E-state index in [4.69, 9.17) is 21.7 Å². The highest BCUT2D eigenvalue weighted by Crippen LogP contribution is 2.34. The number of nitrogens with zero attached hydrogens (tertiary/aromatic N) is 2. The molecule has 2 aromatic rings. The molecular weight excluding hydrogens is 366 g/mol. The largest absolute Gasteiger partial charge is 0.486 e. The van der Waals surface area contributed by atoms with E-state index in [0.717, 1.165) is 48.4 Å². The summed E-state index contributed by atoms with van der Waals surface area (Å²) in [6, 6.07) is 10.2. The van der Waals surface area contributed by atoms with Crippen LogP contribution in [0.15, 0.2) is 35.7 Å². The van der Waals surface area contributed by atoms with Crippen LogP contribution in [0.4, 0.5) is 5.69 Å². The first-order chi connectivity index (χ1) is 12.6. The number of benzene rings is 1. The summed E-state index contributed by atoms with van der Waals surface area (Å²) in [7, 11) is 4.16. The molecule has 0 saturated heterocycles. The van der Waals surface area contributed by atoms with E-state index in [1.807, 2.05) is 18.2 Å². The summed E-state index contributed by atoms with van der Waals surface area (Å²) in [4.78, 5) is 5.56. The molecule has 0 saturated carbocycles. The topological polar surface area (TPSA) is 37.0 Å². The standard InChI is InChI=1S/C19H25N3O2S2/c1-21(2)9-4-8-20-19(25)22(14-16-5-3-12-26-16)15-6-7-17-18(13-15)24-11-10-23-17/h3,5-7,12-13H,4,8-11,14H2,1-2H3,(H,20,25). The molecule has 0 unspecified atom stereocenters. The molecule has 0 atom stereocenters. The van der Waals surface area contributed by atoms with Crippen LogP contribution in [0, 0.1) is 0 Å². The third-order valence-electron chi connectivity index (χ3n) is 4.03. The lowest BCUT2D eigenvalue weighted by molar-refractivity contribution is 0.171. The Bertz CT molecular complexity index is 720. The highest BCUT2D eigenvalue weighted by Gasteiger charge is 2.18. The molecule has 1 aliphatic rings. The first kappa shape index (κ1) is 18.9. The number of ether oxygens (including phenoxy) is 2. The van der Waals surface area contributed by atoms with E-state index in [9.17, 15) is 0 Å². The Labute approximate surface area is 164 Å². The Kier molecular flexibility index (Phi) is 6.71. The average Bonchev–Trinajstić information content (AvgIpc) is 3.16. The Morgan fingerprint density at radius 2 is 2.00 bits per heavy atom. The van der Waals surface area contributed by atoms with Crippen LogP contribution < -0.4 is 19.7 Å². The number of fused-ring (bicyclic) bond motifs is 1. The Balaban J connectivity index is 1.73. The van der Waals surface area contributed by atoms with Gasteiger partial charge in [-0.05, 0) is 62.9 Å². The number of rotatable bonds is 7. The Morgan fingerprint density at radius 1 is 1.19 bits per heavy atom. The van der Waals surface area contributed by atoms with Crippen molar-refractivity contribution in [1.82, 2.24) is 10.2 Å². The number of anilines is 1. The fourth-order valence-corrected chi connectivity index (χ4v) is 3.69. The minimum absolute atomic E-state index is 0.578. The summed E-state index contributed by atoms with van der Waals surface area (Å²) in [5.74, 6) is 1.57. The monoisotopic (exact) mass is 391 g/mol. The molecule has 0 amide bonds. The molecule has 0 aliphatic carbocycles. The summed E-state index contributed by atoms with van der Waals surface area (Å²) >= 11 is 7.43. The van der Waals surface area contributed by atoms with Gasteiger partial charge in [-0.25, -0.2) is 0 Å². The van der Waals surface area contributed by atoms with E-state index in [0.29, 0.717) is 13.2 Å². The molecule has 0 spiro atoms. The molecule has 26 heavy (non-hydrogen) atoms. The van der Waals surface area contributed by atoms with Crippen molar-refractivity contribution in [3.05, 3.63) is 40.6 Å². The van der Waals surface area contributed by atoms with Crippen molar-refractivity contribution in [2.75, 3.05) is 45.3 Å². The Morgan fingerprint density at radius 3 is 2.73 bits per heavy atom. The van der Waals surface area contributed by atoms with Crippen molar-refractivity contribution in [1.29, 1.82) is 0 Å². The van der Waals surface area contributed by atoms with Crippen molar-refractivity contribution in [3.63, 3.8) is 0 Å². The van der Waals surface area contributed by atoms with Crippen molar-refractivity contribution in [3.8, 4) is 11.5 Å². The summed E-state index contributed by atoms with van der Waals surface area (Å²) in [5, 5.41) is 6.21. The van der Waals surface area contributed by atoms with Crippen LogP contribution in [0.2, 0.25) is 0 Å². The molecule has 140 valence electrons. The number of hydrogen-bond donors (Lipinski definition) is 1. The van der Waals surface area contributed by atoms with E-state index in [1.54, 1.807) is 11.3 Å². The van der Waals surface area contributed by atoms with Gasteiger partial charge in [0, 0.05) is 23.2 Å². The van der Waals surface area contributed by atoms with Gasteiger partial charge in [0.05, 0.1) is 6.54 Å². The summed E-state index contributed by atoms with van der Waals surface area (Å²) < 4.78 is 11.4. The van der Waals surface area contributed by atoms with E-state index in [2.05, 4.69) is 46.7 Å². The van der Waals surface area contributed by atoms with E-state index in [1.165, 1.54) is 4.88 Å². The van der Waals surface area contributed by atoms with Gasteiger partial charge in [-0.1, -0.05) is 6.07 Å². The quantitative estimate of drug-likeness (QED) is 0.576. The van der Waals surface area contributed by atoms with Crippen LogP contribution in [0.5, 0.6) is 11.5 Å². The molecule has 2 heterocycles. The summed E-state index contributed by atoms with van der Waals surface area (Å²) in [5.41, 5.74) is 1.01. The molecule has 0 radical (unpaired) electrons. The average molecular weight is 392 g/mol. The van der Waals surface area contributed by atoms with Gasteiger partial charge in [0.2, 0.25) is 0 Å². The predicted molar refractivity (Wildman–Crippen MR) is 112 cm³/mol. The fourth-order valence-electron chi connectivity index (χ4n) is 2.72. The minimum Gasteiger partial charge on any atom is -0.486 e. The van der Waals surface area contributed by atoms with Gasteiger partial charge in [0.1, 0.15) is 13.2 Å². The molecule has 0 fully saturated rings. The van der Waals surface area contributed by atoms with Crippen molar-refractivity contribution < 1.29 is 9.47 Å². The zero-order valence-corrected chi connectivity index (χ0v) is 16.9. The highest BCUT2D eigenvalue weighted by atomic mass is 32.1. The third kappa shape index (κ3) is 5.09. The number of thiocarbonyl (C=S) groups is 1. The molecule has 1 aromatic carbocycles. The van der Waals surface area contributed by atoms with Gasteiger partial charge in [0.25, 0.3) is 0 Å². The van der Waals surface area contributed by atoms with Gasteiger partial charge >= 0.3 is 0 Å². The molecule has 1 aromatic heterocycles. The van der Waals surface area contributed by atoms with Crippen LogP contribution in [-0.4, -0.2) is 50.4 Å². The fraction of sp³-hybridized carbons (Fsp3) is 0.421. The third-order valence-corrected chi connectivity index (χ3v) is 5.26. The van der Waals surface area contributed by atoms with E-state index >= 15 is 0 Å². The van der Waals surface area contributed by atoms with Crippen LogP contribution in [0.3, 0.4) is 0 Å². The summed E-state index contributed by atoms with van der Waals surface area (Å²) in [6.45, 7) is 3.79. The lowest BCUT2D eigenvalue weighted by Gasteiger charge is -2.27. The SMILES string of the molecule is CN(C)CCCNC(=S)N(Cc1cccs1)c1ccc2c(c1)OCCO2. The molecule has 1 N–H and O–H groups in total. The molecule has 7 heteroatoms. The second-order valence-corrected chi connectivity index (χ2v) is 7.80. The van der Waals surface area contributed by atoms with Crippen molar-refractivity contribution in [2.45, 2.75) is 13.0 Å². The lowest BCUT2D eigenvalue weighted by Crippen LogP contribution is -2.40. The van der Waals surface area contributed by atoms with Crippen LogP contribution in [0.1, 0.15) is 11.3 Å². The highest BCUT2D eigenvalue weighted by molar-refractivity contribution is 7.80. The second-order valence-electron chi connectivity index (χ2n) is 6.38. The van der Waals surface area contributed by atoms with Crippen molar-refractivity contribution in [2.24, 2.45) is 0 Å². The molecular formula is C19H25N3O2S2. The van der Waals surface area contributed by atoms with Crippen LogP contribution in [0.25, 0.3) is 0 Å². The minimum atomic E-state index is 0.578. The lowest BCUT2D eigenvalue weighted by atomic mass is 10.2. The molecule has 1 aliphatic heterocycles. The number of hydrogen-bond acceptors (Lipinski definition) is 5. The maximum absolute atomic E-state index is 5.74. The zero-order chi connectivity index (χ0) is 18.4. The molecule has 3 rings (SSSR count). The molecule has 0 bridgehead atoms. The summed E-state index contributed by atoms with van der Waals surface area (Å²) in [6.07, 6.45) is 1.04. The van der Waals surface area contributed by atoms with E-state index < -0.39 is 0 Å². The van der Waals surface area contributed by atoms with E-state index in [-0.39, 0.29) is 0 Å². The molecule has 5 nitrogen and oxygen atoms in total. The number of thiophene rings is 1. The maximum Gasteiger partial charge on any atom is 0.173 e. The second kappa shape index (κ2) is 9.21. The van der Waals surface area contributed by atoms with Gasteiger partial charge < -0.3 is 24.6 Å². The van der Waals surface area contributed by atoms with Gasteiger partial charge in [0.15, 0.2) is 16.6 Å². The van der Waals surface area contributed by atoms with Gasteiger partial charge in [-0.15, -0.1) is 11.3 Å². The predicted octanol–water partition coefficient (Wildman–Crippen LogP) is 3.35. The van der Waals surface area contributed by atoms with Gasteiger partial charge in [-0.3, -0.25) is 0 Å². The number of nitrogens with one attached hydrogen (secondary N) is 1. The smallest absolute Gasteiger partial charge is 0.173 e. The first-order valence-electron chi connectivity index (χ1n) is 8.75. The van der Waals surface area contributed by atoms with Crippen LogP contribution >= 0.6 is 23.6 Å². The first-order valence-corrected chi connectivity index (χ1v) is 10.0. The maximum atomic E-state index is 5.74. The van der Waals surface area contributed by atoms with Gasteiger partial charge in [-0.2, -0.15) is 0 Å².